The molecule has 0 unspecified atom stereocenters. The van der Waals surface area contributed by atoms with Crippen LogP contribution in [0, 0.1) is 5.92 Å². The first-order valence-electron chi connectivity index (χ1n) is 5.79. The number of nitrogens with zero attached hydrogens (tertiary/aromatic N) is 1. The van der Waals surface area contributed by atoms with Gasteiger partial charge in [-0.25, -0.2) is 4.79 Å². The number of carbonyl (C=O) groups is 1. The van der Waals surface area contributed by atoms with Crippen LogP contribution in [-0.2, 0) is 4.74 Å². The predicted octanol–water partition coefficient (Wildman–Crippen LogP) is 2.26. The number of hydrogen-bond donors (Lipinski definition) is 1. The second kappa shape index (κ2) is 6.09. The fraction of sp³-hybridized carbons (Fsp3) is 0.917. The molecule has 0 aliphatic heterocycles. The van der Waals surface area contributed by atoms with E-state index in [1.807, 2.05) is 34.6 Å². The van der Waals surface area contributed by atoms with Crippen LogP contribution in [-0.4, -0.2) is 41.4 Å². The number of aliphatic hydroxyl groups excluding tert-OH is 1. The molecule has 0 radical (unpaired) electrons. The molecule has 0 rings (SSSR count). The Balaban J connectivity index is 4.51. The monoisotopic (exact) mass is 231 g/mol. The number of carbonyl (C=O) groups excluding carboxylic acids is 1. The van der Waals surface area contributed by atoms with Crippen LogP contribution < -0.4 is 0 Å². The third-order valence-corrected chi connectivity index (χ3v) is 2.67. The van der Waals surface area contributed by atoms with Crippen LogP contribution in [0.5, 0.6) is 0 Å². The molecule has 0 aliphatic rings. The van der Waals surface area contributed by atoms with Gasteiger partial charge in [0, 0.05) is 7.05 Å². The quantitative estimate of drug-likeness (QED) is 0.807. The van der Waals surface area contributed by atoms with Crippen molar-refractivity contribution >= 4 is 6.09 Å². The molecule has 0 fully saturated rings. The smallest absolute Gasteiger partial charge is 0.410 e. The molecule has 0 saturated heterocycles. The predicted molar refractivity (Wildman–Crippen MR) is 64.3 cm³/mol. The van der Waals surface area contributed by atoms with E-state index < -0.39 is 5.60 Å². The summed E-state index contributed by atoms with van der Waals surface area (Å²) >= 11 is 0. The standard InChI is InChI=1S/C12H25NO3/c1-7-9(2)10(8-14)13(6)11(15)16-12(3,4)5/h9-10,14H,7-8H2,1-6H3/t9-,10+/m0/s1. The highest BCUT2D eigenvalue weighted by atomic mass is 16.6. The molecule has 16 heavy (non-hydrogen) atoms. The molecule has 1 N–H and O–H groups in total. The van der Waals surface area contributed by atoms with E-state index in [2.05, 4.69) is 0 Å². The van der Waals surface area contributed by atoms with Crippen molar-refractivity contribution < 1.29 is 14.6 Å². The highest BCUT2D eigenvalue weighted by molar-refractivity contribution is 5.68. The van der Waals surface area contributed by atoms with E-state index in [1.54, 1.807) is 7.05 Å². The first-order chi connectivity index (χ1) is 7.22. The lowest BCUT2D eigenvalue weighted by Gasteiger charge is -2.32. The summed E-state index contributed by atoms with van der Waals surface area (Å²) in [6.07, 6.45) is 0.532. The molecule has 0 spiro atoms. The Bertz CT molecular complexity index is 223. The summed E-state index contributed by atoms with van der Waals surface area (Å²) in [5, 5.41) is 9.30. The normalized spacial score (nSPS) is 15.4. The molecule has 0 aliphatic carbocycles. The molecule has 0 heterocycles. The summed E-state index contributed by atoms with van der Waals surface area (Å²) in [6, 6.07) is -0.181. The van der Waals surface area contributed by atoms with Crippen LogP contribution in [0.4, 0.5) is 4.79 Å². The van der Waals surface area contributed by atoms with Gasteiger partial charge >= 0.3 is 6.09 Å². The van der Waals surface area contributed by atoms with Crippen molar-refractivity contribution in [2.45, 2.75) is 52.7 Å². The van der Waals surface area contributed by atoms with Crippen molar-refractivity contribution in [2.24, 2.45) is 5.92 Å². The van der Waals surface area contributed by atoms with Crippen LogP contribution in [0.2, 0.25) is 0 Å². The highest BCUT2D eigenvalue weighted by Crippen LogP contribution is 2.16. The van der Waals surface area contributed by atoms with Crippen molar-refractivity contribution in [1.29, 1.82) is 0 Å². The summed E-state index contributed by atoms with van der Waals surface area (Å²) in [5.74, 6) is 0.252. The lowest BCUT2D eigenvalue weighted by Crippen LogP contribution is -2.45. The Kier molecular flexibility index (Phi) is 5.79. The van der Waals surface area contributed by atoms with Crippen LogP contribution in [0.3, 0.4) is 0 Å². The molecule has 0 aromatic rings. The van der Waals surface area contributed by atoms with Crippen LogP contribution in [0.25, 0.3) is 0 Å². The number of likely N-dealkylation sites (N-methyl/N-ethyl adjacent to an activating group) is 1. The molecule has 0 aromatic heterocycles. The minimum atomic E-state index is -0.499. The zero-order valence-corrected chi connectivity index (χ0v) is 11.3. The first kappa shape index (κ1) is 15.2. The summed E-state index contributed by atoms with van der Waals surface area (Å²) in [5.41, 5.74) is -0.499. The Morgan fingerprint density at radius 3 is 2.25 bits per heavy atom. The lowest BCUT2D eigenvalue weighted by molar-refractivity contribution is 0.00885. The van der Waals surface area contributed by atoms with Gasteiger partial charge in [-0.1, -0.05) is 20.3 Å². The molecule has 0 saturated carbocycles. The Labute approximate surface area is 98.6 Å². The van der Waals surface area contributed by atoms with Gasteiger partial charge in [0.05, 0.1) is 12.6 Å². The number of rotatable bonds is 4. The first-order valence-corrected chi connectivity index (χ1v) is 5.79. The van der Waals surface area contributed by atoms with Gasteiger partial charge in [-0.2, -0.15) is 0 Å². The topological polar surface area (TPSA) is 49.8 Å². The molecule has 0 bridgehead atoms. The molecular weight excluding hydrogens is 206 g/mol. The Morgan fingerprint density at radius 1 is 1.44 bits per heavy atom. The van der Waals surface area contributed by atoms with Crippen molar-refractivity contribution in [3.63, 3.8) is 0 Å². The molecule has 4 heteroatoms. The maximum atomic E-state index is 11.8. The van der Waals surface area contributed by atoms with Gasteiger partial charge in [-0.15, -0.1) is 0 Å². The molecular formula is C12H25NO3. The second-order valence-electron chi connectivity index (χ2n) is 5.23. The average Bonchev–Trinajstić information content (AvgIpc) is 2.15. The third kappa shape index (κ3) is 4.84. The van der Waals surface area contributed by atoms with E-state index >= 15 is 0 Å². The van der Waals surface area contributed by atoms with Crippen molar-refractivity contribution in [1.82, 2.24) is 4.90 Å². The van der Waals surface area contributed by atoms with Crippen LogP contribution >= 0.6 is 0 Å². The van der Waals surface area contributed by atoms with Crippen molar-refractivity contribution in [3.8, 4) is 0 Å². The number of ether oxygens (including phenoxy) is 1. The van der Waals surface area contributed by atoms with E-state index in [4.69, 9.17) is 4.74 Å². The van der Waals surface area contributed by atoms with Gasteiger partial charge in [-0.05, 0) is 26.7 Å². The van der Waals surface area contributed by atoms with Gasteiger partial charge in [0.15, 0.2) is 0 Å². The van der Waals surface area contributed by atoms with E-state index in [9.17, 15) is 9.90 Å². The zero-order valence-electron chi connectivity index (χ0n) is 11.3. The molecule has 2 atom stereocenters. The fourth-order valence-electron chi connectivity index (χ4n) is 1.43. The van der Waals surface area contributed by atoms with Gasteiger partial charge in [-0.3, -0.25) is 0 Å². The minimum Gasteiger partial charge on any atom is -0.444 e. The molecule has 4 nitrogen and oxygen atoms in total. The summed E-state index contributed by atoms with van der Waals surface area (Å²) in [7, 11) is 1.67. The van der Waals surface area contributed by atoms with E-state index in [0.717, 1.165) is 6.42 Å². The second-order valence-corrected chi connectivity index (χ2v) is 5.23. The largest absolute Gasteiger partial charge is 0.444 e. The fourth-order valence-corrected chi connectivity index (χ4v) is 1.43. The SMILES string of the molecule is CC[C@H](C)[C@@H](CO)N(C)C(=O)OC(C)(C)C. The average molecular weight is 231 g/mol. The maximum absolute atomic E-state index is 11.8. The van der Waals surface area contributed by atoms with Crippen molar-refractivity contribution in [3.05, 3.63) is 0 Å². The van der Waals surface area contributed by atoms with Gasteiger partial charge in [0.2, 0.25) is 0 Å². The highest BCUT2D eigenvalue weighted by Gasteiger charge is 2.27. The van der Waals surface area contributed by atoms with E-state index in [1.165, 1.54) is 4.90 Å². The summed E-state index contributed by atoms with van der Waals surface area (Å²) in [4.78, 5) is 13.3. The maximum Gasteiger partial charge on any atom is 0.410 e. The molecule has 1 amide bonds. The van der Waals surface area contributed by atoms with Gasteiger partial charge in [0.25, 0.3) is 0 Å². The number of amides is 1. The summed E-state index contributed by atoms with van der Waals surface area (Å²) < 4.78 is 5.25. The van der Waals surface area contributed by atoms with Crippen LogP contribution in [0.15, 0.2) is 0 Å². The Hall–Kier alpha value is -0.770. The zero-order chi connectivity index (χ0) is 12.9. The minimum absolute atomic E-state index is 0.0370. The van der Waals surface area contributed by atoms with E-state index in [-0.39, 0.29) is 24.7 Å². The van der Waals surface area contributed by atoms with Crippen LogP contribution in [0.1, 0.15) is 41.0 Å². The van der Waals surface area contributed by atoms with Gasteiger partial charge < -0.3 is 14.7 Å². The summed E-state index contributed by atoms with van der Waals surface area (Å²) in [6.45, 7) is 9.50. The number of aliphatic hydroxyl groups is 1. The van der Waals surface area contributed by atoms with Crippen molar-refractivity contribution in [2.75, 3.05) is 13.7 Å². The third-order valence-electron chi connectivity index (χ3n) is 2.67. The van der Waals surface area contributed by atoms with E-state index in [0.29, 0.717) is 0 Å². The molecule has 0 aromatic carbocycles. The number of hydrogen-bond acceptors (Lipinski definition) is 3. The molecule has 96 valence electrons. The Morgan fingerprint density at radius 2 is 1.94 bits per heavy atom. The van der Waals surface area contributed by atoms with Gasteiger partial charge in [0.1, 0.15) is 5.60 Å². The lowest BCUT2D eigenvalue weighted by atomic mass is 9.99.